The van der Waals surface area contributed by atoms with Gasteiger partial charge in [-0.1, -0.05) is 24.3 Å². The molecule has 108 valence electrons. The summed E-state index contributed by atoms with van der Waals surface area (Å²) in [6, 6.07) is 8.63. The zero-order valence-corrected chi connectivity index (χ0v) is 12.5. The van der Waals surface area contributed by atoms with Gasteiger partial charge in [0.05, 0.1) is 0 Å². The van der Waals surface area contributed by atoms with Crippen LogP contribution in [0.5, 0.6) is 0 Å². The van der Waals surface area contributed by atoms with Crippen LogP contribution in [0.1, 0.15) is 36.8 Å². The molecular formula is C16H23N3O. The Morgan fingerprint density at radius 1 is 1.20 bits per heavy atom. The first-order valence-corrected chi connectivity index (χ1v) is 7.15. The number of hydrogen-bond acceptors (Lipinski definition) is 3. The molecule has 4 heteroatoms. The van der Waals surface area contributed by atoms with E-state index < -0.39 is 0 Å². The lowest BCUT2D eigenvalue weighted by atomic mass is 9.94. The summed E-state index contributed by atoms with van der Waals surface area (Å²) < 4.78 is 1.93. The molecule has 0 spiro atoms. The molecule has 0 saturated carbocycles. The number of aliphatic hydroxyl groups excluding tert-OH is 1. The molecule has 0 amide bonds. The van der Waals surface area contributed by atoms with E-state index in [9.17, 15) is 5.11 Å². The monoisotopic (exact) mass is 273 g/mol. The maximum Gasteiger partial charge on any atom is 0.138 e. The lowest BCUT2D eigenvalue weighted by Crippen LogP contribution is -2.18. The van der Waals surface area contributed by atoms with E-state index in [4.69, 9.17) is 0 Å². The normalized spacial score (nSPS) is 12.8. The Kier molecular flexibility index (Phi) is 4.90. The highest BCUT2D eigenvalue weighted by Gasteiger charge is 2.16. The highest BCUT2D eigenvalue weighted by molar-refractivity contribution is 5.26. The number of aromatic nitrogens is 3. The predicted octanol–water partition coefficient (Wildman–Crippen LogP) is 2.56. The number of benzene rings is 1. The van der Waals surface area contributed by atoms with Gasteiger partial charge in [0.2, 0.25) is 0 Å². The highest BCUT2D eigenvalue weighted by atomic mass is 16.3. The molecule has 20 heavy (non-hydrogen) atoms. The summed E-state index contributed by atoms with van der Waals surface area (Å²) in [6.45, 7) is 6.46. The Morgan fingerprint density at radius 2 is 1.95 bits per heavy atom. The average Bonchev–Trinajstić information content (AvgIpc) is 2.88. The van der Waals surface area contributed by atoms with Crippen LogP contribution in [-0.2, 0) is 12.8 Å². The Bertz CT molecular complexity index is 548. The topological polar surface area (TPSA) is 50.9 Å². The lowest BCUT2D eigenvalue weighted by molar-refractivity contribution is 0.221. The summed E-state index contributed by atoms with van der Waals surface area (Å²) in [5, 5.41) is 13.9. The third-order valence-electron chi connectivity index (χ3n) is 3.64. The molecule has 0 bridgehead atoms. The minimum absolute atomic E-state index is 0.166. The van der Waals surface area contributed by atoms with Gasteiger partial charge in [0.15, 0.2) is 0 Å². The van der Waals surface area contributed by atoms with Gasteiger partial charge < -0.3 is 5.11 Å². The van der Waals surface area contributed by atoms with E-state index in [1.54, 1.807) is 6.33 Å². The van der Waals surface area contributed by atoms with E-state index in [0.29, 0.717) is 6.04 Å². The van der Waals surface area contributed by atoms with Gasteiger partial charge >= 0.3 is 0 Å². The number of aliphatic hydroxyl groups is 1. The Labute approximate surface area is 120 Å². The zero-order chi connectivity index (χ0) is 14.5. The van der Waals surface area contributed by atoms with Gasteiger partial charge in [-0.25, -0.2) is 9.67 Å². The molecule has 1 aromatic carbocycles. The van der Waals surface area contributed by atoms with E-state index in [0.717, 1.165) is 18.7 Å². The van der Waals surface area contributed by atoms with Crippen molar-refractivity contribution in [3.05, 3.63) is 47.5 Å². The molecule has 0 radical (unpaired) electrons. The van der Waals surface area contributed by atoms with Crippen molar-refractivity contribution in [3.63, 3.8) is 0 Å². The molecule has 1 atom stereocenters. The second kappa shape index (κ2) is 6.66. The summed E-state index contributed by atoms with van der Waals surface area (Å²) in [7, 11) is 0. The van der Waals surface area contributed by atoms with Gasteiger partial charge in [-0.15, -0.1) is 0 Å². The van der Waals surface area contributed by atoms with Crippen LogP contribution in [0, 0.1) is 12.8 Å². The fourth-order valence-electron chi connectivity index (χ4n) is 2.46. The molecule has 2 rings (SSSR count). The summed E-state index contributed by atoms with van der Waals surface area (Å²) >= 11 is 0. The molecular weight excluding hydrogens is 250 g/mol. The Morgan fingerprint density at radius 3 is 2.60 bits per heavy atom. The fraction of sp³-hybridized carbons (Fsp3) is 0.500. The van der Waals surface area contributed by atoms with E-state index >= 15 is 0 Å². The van der Waals surface area contributed by atoms with Gasteiger partial charge in [-0.3, -0.25) is 0 Å². The molecule has 1 unspecified atom stereocenters. The maximum absolute atomic E-state index is 9.65. The van der Waals surface area contributed by atoms with Gasteiger partial charge in [-0.05, 0) is 44.2 Å². The van der Waals surface area contributed by atoms with Crippen LogP contribution in [0.3, 0.4) is 0 Å². The van der Waals surface area contributed by atoms with Crippen LogP contribution in [0.4, 0.5) is 0 Å². The predicted molar refractivity (Wildman–Crippen MR) is 79.6 cm³/mol. The number of aryl methyl sites for hydroxylation is 1. The van der Waals surface area contributed by atoms with Crippen molar-refractivity contribution in [2.45, 2.75) is 39.7 Å². The minimum Gasteiger partial charge on any atom is -0.396 e. The molecule has 0 fully saturated rings. The minimum atomic E-state index is 0.166. The van der Waals surface area contributed by atoms with Crippen LogP contribution in [-0.4, -0.2) is 26.5 Å². The SMILES string of the molecule is Cc1ccccc1CC(CO)Cc1ncnn1C(C)C. The molecule has 0 aliphatic heterocycles. The average molecular weight is 273 g/mol. The summed E-state index contributed by atoms with van der Waals surface area (Å²) in [4.78, 5) is 4.33. The van der Waals surface area contributed by atoms with Gasteiger partial charge in [0.25, 0.3) is 0 Å². The molecule has 1 aromatic heterocycles. The van der Waals surface area contributed by atoms with E-state index in [2.05, 4.69) is 43.0 Å². The third-order valence-corrected chi connectivity index (χ3v) is 3.64. The number of rotatable bonds is 6. The smallest absolute Gasteiger partial charge is 0.138 e. The summed E-state index contributed by atoms with van der Waals surface area (Å²) in [5.41, 5.74) is 2.57. The van der Waals surface area contributed by atoms with Gasteiger partial charge in [0.1, 0.15) is 12.2 Å². The third kappa shape index (κ3) is 3.45. The molecule has 1 heterocycles. The van der Waals surface area contributed by atoms with Crippen LogP contribution in [0.2, 0.25) is 0 Å². The quantitative estimate of drug-likeness (QED) is 0.880. The molecule has 0 saturated heterocycles. The second-order valence-electron chi connectivity index (χ2n) is 5.60. The molecule has 0 aliphatic carbocycles. The molecule has 4 nitrogen and oxygen atoms in total. The van der Waals surface area contributed by atoms with E-state index in [1.165, 1.54) is 11.1 Å². The van der Waals surface area contributed by atoms with E-state index in [-0.39, 0.29) is 12.5 Å². The van der Waals surface area contributed by atoms with Crippen molar-refractivity contribution < 1.29 is 5.11 Å². The number of hydrogen-bond donors (Lipinski definition) is 1. The lowest BCUT2D eigenvalue weighted by Gasteiger charge is -2.17. The van der Waals surface area contributed by atoms with Crippen molar-refractivity contribution in [2.24, 2.45) is 5.92 Å². The molecule has 1 N–H and O–H groups in total. The van der Waals surface area contributed by atoms with Crippen molar-refractivity contribution in [1.82, 2.24) is 14.8 Å². The largest absolute Gasteiger partial charge is 0.396 e. The van der Waals surface area contributed by atoms with Crippen LogP contribution in [0.15, 0.2) is 30.6 Å². The fourth-order valence-corrected chi connectivity index (χ4v) is 2.46. The van der Waals surface area contributed by atoms with Crippen LogP contribution >= 0.6 is 0 Å². The van der Waals surface area contributed by atoms with Crippen LogP contribution < -0.4 is 0 Å². The molecule has 2 aromatic rings. The maximum atomic E-state index is 9.65. The van der Waals surface area contributed by atoms with Crippen LogP contribution in [0.25, 0.3) is 0 Å². The van der Waals surface area contributed by atoms with Crippen molar-refractivity contribution in [2.75, 3.05) is 6.61 Å². The molecule has 0 aliphatic rings. The second-order valence-corrected chi connectivity index (χ2v) is 5.60. The first kappa shape index (κ1) is 14.7. The van der Waals surface area contributed by atoms with E-state index in [1.807, 2.05) is 16.8 Å². The first-order chi connectivity index (χ1) is 9.61. The van der Waals surface area contributed by atoms with Crippen molar-refractivity contribution in [3.8, 4) is 0 Å². The van der Waals surface area contributed by atoms with Crippen molar-refractivity contribution >= 4 is 0 Å². The zero-order valence-electron chi connectivity index (χ0n) is 12.5. The van der Waals surface area contributed by atoms with Gasteiger partial charge in [0, 0.05) is 19.1 Å². The van der Waals surface area contributed by atoms with Gasteiger partial charge in [-0.2, -0.15) is 5.10 Å². The summed E-state index contributed by atoms with van der Waals surface area (Å²) in [6.07, 6.45) is 3.22. The Balaban J connectivity index is 2.10. The first-order valence-electron chi connectivity index (χ1n) is 7.15. The number of nitrogens with zero attached hydrogens (tertiary/aromatic N) is 3. The summed E-state index contributed by atoms with van der Waals surface area (Å²) in [5.74, 6) is 1.13. The highest BCUT2D eigenvalue weighted by Crippen LogP contribution is 2.17. The van der Waals surface area contributed by atoms with Crippen molar-refractivity contribution in [1.29, 1.82) is 0 Å². The standard InChI is InChI=1S/C16H23N3O/c1-12(2)19-16(17-11-18-19)9-14(10-20)8-15-7-5-4-6-13(15)3/h4-7,11-12,14,20H,8-10H2,1-3H3. The Hall–Kier alpha value is -1.68.